The Balaban J connectivity index is 1.66. The largest absolute Gasteiger partial charge is 0.379 e. The van der Waals surface area contributed by atoms with Gasteiger partial charge in [0, 0.05) is 18.8 Å². The van der Waals surface area contributed by atoms with E-state index in [1.807, 2.05) is 0 Å². The monoisotopic (exact) mass is 519 g/mol. The molecule has 1 aliphatic rings. The maximum atomic E-state index is 11.4. The number of hydrogen-bond donors (Lipinski definition) is 0. The van der Waals surface area contributed by atoms with Gasteiger partial charge in [0.05, 0.1) is 106 Å². The van der Waals surface area contributed by atoms with E-state index >= 15 is 0 Å². The third kappa shape index (κ3) is 18.8. The van der Waals surface area contributed by atoms with E-state index in [1.54, 1.807) is 0 Å². The highest BCUT2D eigenvalue weighted by atomic mass is 16.6. The van der Waals surface area contributed by atoms with Crippen LogP contribution in [0.5, 0.6) is 0 Å². The second-order valence-electron chi connectivity index (χ2n) is 8.04. The summed E-state index contributed by atoms with van der Waals surface area (Å²) in [7, 11) is 0. The minimum atomic E-state index is -0.301. The average molecular weight is 520 g/mol. The van der Waals surface area contributed by atoms with Crippen molar-refractivity contribution < 1.29 is 47.5 Å². The van der Waals surface area contributed by atoms with Crippen LogP contribution in [-0.2, 0) is 47.5 Å². The van der Waals surface area contributed by atoms with Gasteiger partial charge >= 0.3 is 0 Å². The highest BCUT2D eigenvalue weighted by Gasteiger charge is 2.22. The van der Waals surface area contributed by atoms with Crippen molar-refractivity contribution in [3.8, 4) is 0 Å². The Morgan fingerprint density at radius 1 is 0.556 bits per heavy atom. The van der Waals surface area contributed by atoms with Crippen LogP contribution in [-0.4, -0.2) is 129 Å². The smallest absolute Gasteiger partial charge is 0.253 e. The number of rotatable bonds is 27. The van der Waals surface area contributed by atoms with Crippen LogP contribution in [0.4, 0.5) is 0 Å². The van der Waals surface area contributed by atoms with Gasteiger partial charge in [0.1, 0.15) is 0 Å². The first-order valence-corrected chi connectivity index (χ1v) is 12.8. The van der Waals surface area contributed by atoms with Gasteiger partial charge in [-0.05, 0) is 5.92 Å². The maximum Gasteiger partial charge on any atom is 0.253 e. The van der Waals surface area contributed by atoms with Crippen molar-refractivity contribution in [1.82, 2.24) is 4.90 Å². The van der Waals surface area contributed by atoms with Crippen molar-refractivity contribution in [1.29, 1.82) is 0 Å². The van der Waals surface area contributed by atoms with E-state index in [4.69, 9.17) is 37.9 Å². The van der Waals surface area contributed by atoms with Crippen LogP contribution in [0.2, 0.25) is 0 Å². The summed E-state index contributed by atoms with van der Waals surface area (Å²) >= 11 is 0. The van der Waals surface area contributed by atoms with Crippen LogP contribution >= 0.6 is 0 Å². The van der Waals surface area contributed by atoms with Crippen molar-refractivity contribution in [3.05, 3.63) is 12.2 Å². The van der Waals surface area contributed by atoms with Crippen molar-refractivity contribution in [2.45, 2.75) is 20.3 Å². The highest BCUT2D eigenvalue weighted by Crippen LogP contribution is 2.02. The molecule has 1 rings (SSSR count). The van der Waals surface area contributed by atoms with E-state index < -0.39 is 0 Å². The molecule has 11 nitrogen and oxygen atoms in total. The second kappa shape index (κ2) is 23.9. The van der Waals surface area contributed by atoms with Gasteiger partial charge in [-0.15, -0.1) is 0 Å². The molecule has 0 aliphatic carbocycles. The van der Waals surface area contributed by atoms with Crippen LogP contribution in [0.15, 0.2) is 12.2 Å². The molecule has 0 bridgehead atoms. The normalized spacial score (nSPS) is 14.3. The van der Waals surface area contributed by atoms with E-state index in [9.17, 15) is 9.59 Å². The zero-order valence-electron chi connectivity index (χ0n) is 22.0. The Morgan fingerprint density at radius 2 is 0.861 bits per heavy atom. The Morgan fingerprint density at radius 3 is 1.19 bits per heavy atom. The molecule has 210 valence electrons. The Kier molecular flexibility index (Phi) is 21.7. The molecule has 1 heterocycles. The molecule has 0 saturated carbocycles. The molecule has 1 aliphatic heterocycles. The summed E-state index contributed by atoms with van der Waals surface area (Å²) in [6.45, 7) is 12.7. The van der Waals surface area contributed by atoms with Crippen LogP contribution in [0.1, 0.15) is 20.3 Å². The third-order valence-corrected chi connectivity index (χ3v) is 5.06. The zero-order valence-corrected chi connectivity index (χ0v) is 22.0. The lowest BCUT2D eigenvalue weighted by molar-refractivity contribution is -0.137. The molecule has 0 saturated heterocycles. The van der Waals surface area contributed by atoms with Crippen molar-refractivity contribution >= 4 is 11.8 Å². The Labute approximate surface area is 215 Å². The Bertz CT molecular complexity index is 557. The zero-order chi connectivity index (χ0) is 26.1. The lowest BCUT2D eigenvalue weighted by atomic mass is 10.1. The van der Waals surface area contributed by atoms with Gasteiger partial charge in [-0.3, -0.25) is 14.5 Å². The van der Waals surface area contributed by atoms with Crippen molar-refractivity contribution in [3.63, 3.8) is 0 Å². The number of hydrogen-bond acceptors (Lipinski definition) is 10. The number of amides is 2. The lowest BCUT2D eigenvalue weighted by Crippen LogP contribution is -2.33. The molecule has 0 aromatic heterocycles. The lowest BCUT2D eigenvalue weighted by Gasteiger charge is -2.13. The molecule has 0 N–H and O–H groups in total. The molecule has 0 radical (unpaired) electrons. The fourth-order valence-electron chi connectivity index (χ4n) is 2.75. The maximum absolute atomic E-state index is 11.4. The molecule has 0 fully saturated rings. The van der Waals surface area contributed by atoms with Crippen LogP contribution in [0.25, 0.3) is 0 Å². The van der Waals surface area contributed by atoms with Gasteiger partial charge < -0.3 is 37.9 Å². The number of imide groups is 1. The summed E-state index contributed by atoms with van der Waals surface area (Å²) in [4.78, 5) is 23.9. The van der Waals surface area contributed by atoms with Crippen LogP contribution in [0, 0.1) is 5.92 Å². The summed E-state index contributed by atoms with van der Waals surface area (Å²) in [5.74, 6) is -0.00798. The molecule has 1 atom stereocenters. The van der Waals surface area contributed by atoms with E-state index in [0.29, 0.717) is 98.4 Å². The SMILES string of the molecule is CCC(C)COCCOCCOCCOCCOCCOCCOCCOCCN1C(=O)C=CC1=O. The first-order valence-electron chi connectivity index (χ1n) is 12.8. The van der Waals surface area contributed by atoms with Crippen LogP contribution in [0.3, 0.4) is 0 Å². The molecule has 0 spiro atoms. The highest BCUT2D eigenvalue weighted by molar-refractivity contribution is 6.12. The fraction of sp³-hybridized carbons (Fsp3) is 0.840. The first kappa shape index (κ1) is 32.6. The fourth-order valence-corrected chi connectivity index (χ4v) is 2.75. The van der Waals surface area contributed by atoms with Gasteiger partial charge in [0.15, 0.2) is 0 Å². The van der Waals surface area contributed by atoms with E-state index in [1.165, 1.54) is 12.2 Å². The standard InChI is InChI=1S/C25H45NO10/c1-3-23(2)22-36-21-20-35-19-18-34-17-16-33-15-14-32-13-12-31-11-10-30-9-8-29-7-6-26-24(27)4-5-25(26)28/h4-5,23H,3,6-22H2,1-2H3. The number of carbonyl (C=O) groups is 2. The van der Waals surface area contributed by atoms with E-state index in [-0.39, 0.29) is 25.0 Å². The summed E-state index contributed by atoms with van der Waals surface area (Å²) in [5, 5.41) is 0. The molecule has 0 aromatic carbocycles. The van der Waals surface area contributed by atoms with E-state index in [2.05, 4.69) is 13.8 Å². The number of nitrogens with zero attached hydrogens (tertiary/aromatic N) is 1. The molecule has 1 unspecified atom stereocenters. The van der Waals surface area contributed by atoms with E-state index in [0.717, 1.165) is 17.9 Å². The van der Waals surface area contributed by atoms with Gasteiger partial charge in [-0.2, -0.15) is 0 Å². The van der Waals surface area contributed by atoms with Crippen molar-refractivity contribution in [2.24, 2.45) is 5.92 Å². The summed E-state index contributed by atoms with van der Waals surface area (Å²) in [5.41, 5.74) is 0. The minimum Gasteiger partial charge on any atom is -0.379 e. The molecule has 36 heavy (non-hydrogen) atoms. The number of ether oxygens (including phenoxy) is 8. The summed E-state index contributed by atoms with van der Waals surface area (Å²) in [6.07, 6.45) is 3.64. The minimum absolute atomic E-state index is 0.247. The Hall–Kier alpha value is -1.44. The van der Waals surface area contributed by atoms with Gasteiger partial charge in [-0.1, -0.05) is 20.3 Å². The molecule has 0 aromatic rings. The first-order chi connectivity index (χ1) is 17.6. The van der Waals surface area contributed by atoms with Crippen molar-refractivity contribution in [2.75, 3.05) is 112 Å². The molecule has 11 heteroatoms. The third-order valence-electron chi connectivity index (χ3n) is 5.06. The second-order valence-corrected chi connectivity index (χ2v) is 8.04. The molecular weight excluding hydrogens is 474 g/mol. The summed E-state index contributed by atoms with van der Waals surface area (Å²) < 4.78 is 43.5. The molecule has 2 amide bonds. The molecular formula is C25H45NO10. The van der Waals surface area contributed by atoms with Gasteiger partial charge in [0.25, 0.3) is 11.8 Å². The van der Waals surface area contributed by atoms with Gasteiger partial charge in [-0.25, -0.2) is 0 Å². The quantitative estimate of drug-likeness (QED) is 0.115. The number of carbonyl (C=O) groups excluding carboxylic acids is 2. The average Bonchev–Trinajstić information content (AvgIpc) is 3.20. The predicted molar refractivity (Wildman–Crippen MR) is 132 cm³/mol. The van der Waals surface area contributed by atoms with Crippen LogP contribution < -0.4 is 0 Å². The van der Waals surface area contributed by atoms with Gasteiger partial charge in [0.2, 0.25) is 0 Å². The summed E-state index contributed by atoms with van der Waals surface area (Å²) in [6, 6.07) is 0. The topological polar surface area (TPSA) is 111 Å². The predicted octanol–water partition coefficient (Wildman–Crippen LogP) is 1.09.